The van der Waals surface area contributed by atoms with Crippen molar-refractivity contribution in [3.05, 3.63) is 24.3 Å². The van der Waals surface area contributed by atoms with Crippen LogP contribution in [0.4, 0.5) is 5.69 Å². The average Bonchev–Trinajstić information content (AvgIpc) is 2.28. The third-order valence-electron chi connectivity index (χ3n) is 3.59. The van der Waals surface area contributed by atoms with Crippen LogP contribution in [-0.2, 0) is 0 Å². The van der Waals surface area contributed by atoms with Crippen molar-refractivity contribution in [2.24, 2.45) is 5.73 Å². The number of nitrogens with two attached hydrogens (primary N) is 1. The quantitative estimate of drug-likeness (QED) is 0.854. The Kier molecular flexibility index (Phi) is 3.29. The Balaban J connectivity index is 2.32. The predicted molar refractivity (Wildman–Crippen MR) is 71.6 cm³/mol. The SMILES string of the molecule is COc1ccccc1N1CCC(N)CC1(C)C. The van der Waals surface area contributed by atoms with E-state index >= 15 is 0 Å². The molecule has 1 saturated heterocycles. The van der Waals surface area contributed by atoms with Crippen molar-refractivity contribution in [3.63, 3.8) is 0 Å². The number of hydrogen-bond donors (Lipinski definition) is 1. The molecule has 3 nitrogen and oxygen atoms in total. The van der Waals surface area contributed by atoms with Gasteiger partial charge in [-0.1, -0.05) is 12.1 Å². The number of hydrogen-bond acceptors (Lipinski definition) is 3. The lowest BCUT2D eigenvalue weighted by Crippen LogP contribution is -2.53. The topological polar surface area (TPSA) is 38.5 Å². The molecule has 0 saturated carbocycles. The molecule has 1 heterocycles. The molecule has 0 spiro atoms. The van der Waals surface area contributed by atoms with E-state index in [0.717, 1.165) is 25.1 Å². The van der Waals surface area contributed by atoms with Crippen LogP contribution >= 0.6 is 0 Å². The highest BCUT2D eigenvalue weighted by atomic mass is 16.5. The third-order valence-corrected chi connectivity index (χ3v) is 3.59. The summed E-state index contributed by atoms with van der Waals surface area (Å²) in [5.74, 6) is 0.941. The lowest BCUT2D eigenvalue weighted by Gasteiger charge is -2.46. The van der Waals surface area contributed by atoms with Gasteiger partial charge in [-0.05, 0) is 38.8 Å². The second kappa shape index (κ2) is 4.57. The van der Waals surface area contributed by atoms with Gasteiger partial charge in [-0.15, -0.1) is 0 Å². The van der Waals surface area contributed by atoms with Crippen molar-refractivity contribution < 1.29 is 4.74 Å². The highest BCUT2D eigenvalue weighted by molar-refractivity contribution is 5.60. The van der Waals surface area contributed by atoms with Gasteiger partial charge in [-0.3, -0.25) is 0 Å². The molecule has 0 radical (unpaired) electrons. The maximum absolute atomic E-state index is 6.06. The molecular formula is C14H22N2O. The molecule has 1 aliphatic rings. The van der Waals surface area contributed by atoms with Gasteiger partial charge < -0.3 is 15.4 Å². The van der Waals surface area contributed by atoms with Gasteiger partial charge in [0.25, 0.3) is 0 Å². The molecule has 0 bridgehead atoms. The Morgan fingerprint density at radius 3 is 2.71 bits per heavy atom. The summed E-state index contributed by atoms with van der Waals surface area (Å²) < 4.78 is 5.45. The van der Waals surface area contributed by atoms with Crippen LogP contribution in [0.25, 0.3) is 0 Å². The molecule has 94 valence electrons. The molecule has 1 aromatic carbocycles. The Labute approximate surface area is 104 Å². The fourth-order valence-corrected chi connectivity index (χ4v) is 2.75. The first-order valence-corrected chi connectivity index (χ1v) is 6.21. The van der Waals surface area contributed by atoms with Crippen molar-refractivity contribution in [2.45, 2.75) is 38.3 Å². The van der Waals surface area contributed by atoms with Gasteiger partial charge in [-0.25, -0.2) is 0 Å². The second-order valence-corrected chi connectivity index (χ2v) is 5.39. The maximum Gasteiger partial charge on any atom is 0.142 e. The number of rotatable bonds is 2. The minimum absolute atomic E-state index is 0.0896. The van der Waals surface area contributed by atoms with Crippen LogP contribution in [0.15, 0.2) is 24.3 Å². The summed E-state index contributed by atoms with van der Waals surface area (Å²) in [6, 6.07) is 8.51. The predicted octanol–water partition coefficient (Wildman–Crippen LogP) is 2.40. The third kappa shape index (κ3) is 2.39. The fraction of sp³-hybridized carbons (Fsp3) is 0.571. The molecule has 0 aliphatic carbocycles. The van der Waals surface area contributed by atoms with E-state index in [1.165, 1.54) is 5.69 Å². The molecule has 3 heteroatoms. The maximum atomic E-state index is 6.06. The highest BCUT2D eigenvalue weighted by Gasteiger charge is 2.34. The van der Waals surface area contributed by atoms with Crippen LogP contribution in [0, 0.1) is 0 Å². The summed E-state index contributed by atoms with van der Waals surface area (Å²) in [5, 5.41) is 0. The summed E-state index contributed by atoms with van der Waals surface area (Å²) in [7, 11) is 1.72. The van der Waals surface area contributed by atoms with Crippen LogP contribution < -0.4 is 15.4 Å². The largest absolute Gasteiger partial charge is 0.495 e. The van der Waals surface area contributed by atoms with E-state index in [1.54, 1.807) is 7.11 Å². The van der Waals surface area contributed by atoms with E-state index < -0.39 is 0 Å². The molecule has 17 heavy (non-hydrogen) atoms. The second-order valence-electron chi connectivity index (χ2n) is 5.39. The first-order chi connectivity index (χ1) is 8.04. The lowest BCUT2D eigenvalue weighted by atomic mass is 9.87. The van der Waals surface area contributed by atoms with Crippen LogP contribution in [0.2, 0.25) is 0 Å². The van der Waals surface area contributed by atoms with Gasteiger partial charge in [0.05, 0.1) is 12.8 Å². The molecule has 1 fully saturated rings. The van der Waals surface area contributed by atoms with Crippen LogP contribution in [-0.4, -0.2) is 25.2 Å². The minimum atomic E-state index is 0.0896. The smallest absolute Gasteiger partial charge is 0.142 e. The summed E-state index contributed by atoms with van der Waals surface area (Å²) >= 11 is 0. The number of ether oxygens (including phenoxy) is 1. The Morgan fingerprint density at radius 2 is 2.06 bits per heavy atom. The number of benzene rings is 1. The van der Waals surface area contributed by atoms with Crippen molar-refractivity contribution in [1.82, 2.24) is 0 Å². The molecule has 1 aliphatic heterocycles. The summed E-state index contributed by atoms with van der Waals surface area (Å²) in [6.45, 7) is 5.49. The van der Waals surface area contributed by atoms with Crippen LogP contribution in [0.5, 0.6) is 5.75 Å². The first kappa shape index (κ1) is 12.2. The average molecular weight is 234 g/mol. The molecule has 2 rings (SSSR count). The number of methoxy groups -OCH3 is 1. The van der Waals surface area contributed by atoms with Gasteiger partial charge in [0.1, 0.15) is 5.75 Å². The van der Waals surface area contributed by atoms with Gasteiger partial charge in [0.15, 0.2) is 0 Å². The van der Waals surface area contributed by atoms with Crippen molar-refractivity contribution in [2.75, 3.05) is 18.6 Å². The molecule has 1 atom stereocenters. The normalized spacial score (nSPS) is 23.5. The van der Waals surface area contributed by atoms with Gasteiger partial charge >= 0.3 is 0 Å². The van der Waals surface area contributed by atoms with Crippen LogP contribution in [0.1, 0.15) is 26.7 Å². The number of anilines is 1. The fourth-order valence-electron chi connectivity index (χ4n) is 2.75. The minimum Gasteiger partial charge on any atom is -0.495 e. The van der Waals surface area contributed by atoms with E-state index in [-0.39, 0.29) is 5.54 Å². The van der Waals surface area contributed by atoms with Gasteiger partial charge in [-0.2, -0.15) is 0 Å². The van der Waals surface area contributed by atoms with E-state index in [1.807, 2.05) is 12.1 Å². The molecule has 0 amide bonds. The molecule has 1 unspecified atom stereocenters. The Hall–Kier alpha value is -1.22. The van der Waals surface area contributed by atoms with Crippen molar-refractivity contribution in [3.8, 4) is 5.75 Å². The monoisotopic (exact) mass is 234 g/mol. The van der Waals surface area contributed by atoms with E-state index in [4.69, 9.17) is 10.5 Å². The Bertz CT molecular complexity index is 390. The van der Waals surface area contributed by atoms with E-state index in [2.05, 4.69) is 30.9 Å². The highest BCUT2D eigenvalue weighted by Crippen LogP contribution is 2.37. The lowest BCUT2D eigenvalue weighted by molar-refractivity contribution is 0.322. The summed E-state index contributed by atoms with van der Waals surface area (Å²) in [6.07, 6.45) is 2.06. The molecule has 0 aromatic heterocycles. The van der Waals surface area contributed by atoms with Gasteiger partial charge in [0, 0.05) is 18.1 Å². The summed E-state index contributed by atoms with van der Waals surface area (Å²) in [5.41, 5.74) is 7.33. The zero-order valence-electron chi connectivity index (χ0n) is 10.9. The van der Waals surface area contributed by atoms with E-state index in [9.17, 15) is 0 Å². The zero-order chi connectivity index (χ0) is 12.5. The van der Waals surface area contributed by atoms with E-state index in [0.29, 0.717) is 6.04 Å². The zero-order valence-corrected chi connectivity index (χ0v) is 10.9. The first-order valence-electron chi connectivity index (χ1n) is 6.21. The summed E-state index contributed by atoms with van der Waals surface area (Å²) in [4.78, 5) is 2.41. The molecule has 2 N–H and O–H groups in total. The van der Waals surface area contributed by atoms with Crippen molar-refractivity contribution >= 4 is 5.69 Å². The number of nitrogens with zero attached hydrogens (tertiary/aromatic N) is 1. The number of para-hydroxylation sites is 2. The molecule has 1 aromatic rings. The number of piperidine rings is 1. The van der Waals surface area contributed by atoms with Gasteiger partial charge in [0.2, 0.25) is 0 Å². The van der Waals surface area contributed by atoms with Crippen molar-refractivity contribution in [1.29, 1.82) is 0 Å². The Morgan fingerprint density at radius 1 is 1.35 bits per heavy atom. The standard InChI is InChI=1S/C14H22N2O/c1-14(2)10-11(15)8-9-16(14)12-6-4-5-7-13(12)17-3/h4-7,11H,8-10,15H2,1-3H3. The molecular weight excluding hydrogens is 212 g/mol. The van der Waals surface area contributed by atoms with Crippen LogP contribution in [0.3, 0.4) is 0 Å².